The van der Waals surface area contributed by atoms with E-state index in [0.29, 0.717) is 76.0 Å². The van der Waals surface area contributed by atoms with Gasteiger partial charge in [0.1, 0.15) is 31.5 Å². The van der Waals surface area contributed by atoms with Crippen LogP contribution < -0.4 is 41.2 Å². The summed E-state index contributed by atoms with van der Waals surface area (Å²) in [4.78, 5) is 109. The van der Waals surface area contributed by atoms with Crippen LogP contribution in [0.3, 0.4) is 0 Å². The van der Waals surface area contributed by atoms with Crippen LogP contribution >= 0.6 is 23.2 Å². The van der Waals surface area contributed by atoms with Crippen molar-refractivity contribution < 1.29 is 52.6 Å². The molecule has 3 aromatic heterocycles. The third-order valence-electron chi connectivity index (χ3n) is 15.3. The molecule has 1 amide bonds. The molecule has 1 saturated heterocycles. The molecule has 1 aliphatic rings. The number of para-hydroxylation sites is 1. The van der Waals surface area contributed by atoms with Crippen LogP contribution in [-0.2, 0) is 72.8 Å². The molecule has 0 saturated carbocycles. The summed E-state index contributed by atoms with van der Waals surface area (Å²) in [6.45, 7) is 11.6. The van der Waals surface area contributed by atoms with Gasteiger partial charge in [0.25, 0.3) is 16.7 Å². The molecule has 4 heterocycles. The molecule has 4 aromatic carbocycles. The highest BCUT2D eigenvalue weighted by atomic mass is 35.5. The van der Waals surface area contributed by atoms with E-state index in [2.05, 4.69) is 24.9 Å². The van der Waals surface area contributed by atoms with E-state index in [4.69, 9.17) is 61.4 Å². The molecular weight excluding hydrogens is 1260 g/mol. The van der Waals surface area contributed by atoms with Crippen LogP contribution in [0.5, 0.6) is 5.75 Å². The number of rotatable bonds is 33. The molecule has 1 aliphatic heterocycles. The number of carbonyl (C=O) groups excluding carboxylic acids is 3. The third kappa shape index (κ3) is 24.8. The Morgan fingerprint density at radius 3 is 1.25 bits per heavy atom. The molecule has 1 N–H and O–H groups in total. The number of ether oxygens (including phenoxy) is 5. The second-order valence-corrected chi connectivity index (χ2v) is 24.5. The first-order valence-electron chi connectivity index (χ1n) is 32.0. The number of halogens is 2. The first kappa shape index (κ1) is 72.7. The predicted molar refractivity (Wildman–Crippen MR) is 361 cm³/mol. The Morgan fingerprint density at radius 1 is 0.463 bits per heavy atom. The SMILES string of the molecule is CC(C)(C)OC(=O)C(CCC(=O)NCCOCCOCCOCCC(=O)Oc1c(Cl)cccc1Cl)N1CCN(Cc2cccc(=O)n2OCc2ccccc2)CCN(Cc2cccc(=O)n2OCc2ccccc2)CCN(Cc2cccc(=O)n2OCc2ccccc2)CC1. The van der Waals surface area contributed by atoms with Crippen molar-refractivity contribution >= 4 is 41.0 Å². The van der Waals surface area contributed by atoms with Crippen molar-refractivity contribution in [1.29, 1.82) is 0 Å². The molecule has 0 radical (unpaired) electrons. The van der Waals surface area contributed by atoms with Crippen molar-refractivity contribution in [3.63, 3.8) is 0 Å². The monoisotopic (exact) mass is 1340 g/mol. The molecule has 1 atom stereocenters. The molecular formula is C71H86Cl2N8O14. The Bertz CT molecular complexity index is 3550. The maximum Gasteiger partial charge on any atom is 0.323 e. The number of hydrogen-bond acceptors (Lipinski definition) is 18. The number of pyridine rings is 3. The topological polar surface area (TPSA) is 216 Å². The van der Waals surface area contributed by atoms with Crippen LogP contribution in [-0.4, -0.2) is 162 Å². The van der Waals surface area contributed by atoms with E-state index in [0.717, 1.165) is 16.7 Å². The average Bonchev–Trinajstić information content (AvgIpc) is 0.960. The second kappa shape index (κ2) is 38.4. The molecule has 95 heavy (non-hydrogen) atoms. The van der Waals surface area contributed by atoms with E-state index in [1.54, 1.807) is 36.4 Å². The lowest BCUT2D eigenvalue weighted by Gasteiger charge is -2.37. The number of aromatic nitrogens is 3. The van der Waals surface area contributed by atoms with Gasteiger partial charge in [-0.05, 0) is 74.2 Å². The first-order chi connectivity index (χ1) is 46.0. The second-order valence-electron chi connectivity index (χ2n) is 23.6. The molecule has 24 heteroatoms. The standard InChI is InChI=1S/C71H86Cl2N8O14/c1-71(2,3)95-70(87)63(31-32-64(82)74-34-44-89-46-48-90-47-45-88-43-33-68(86)94-69-61(72)26-16-27-62(69)73)78-41-39-76(50-59-24-14-29-66(84)80(59)92-53-56-19-9-5-10-20-56)37-35-75(49-58-23-13-28-65(83)79(58)91-52-55-17-7-4-8-18-55)36-38-77(40-42-78)51-60-25-15-30-67(85)81(60)93-54-57-21-11-6-12-22-57/h4-30,63H,31-54H2,1-3H3,(H,74,82). The van der Waals surface area contributed by atoms with Gasteiger partial charge in [-0.25, -0.2) is 0 Å². The maximum absolute atomic E-state index is 14.8. The van der Waals surface area contributed by atoms with Gasteiger partial charge in [0, 0.05) is 103 Å². The van der Waals surface area contributed by atoms with Crippen LogP contribution in [0.2, 0.25) is 10.0 Å². The van der Waals surface area contributed by atoms with E-state index in [1.807, 2.05) is 130 Å². The number of nitrogens with one attached hydrogen (secondary N) is 1. The van der Waals surface area contributed by atoms with Crippen molar-refractivity contribution in [1.82, 2.24) is 39.1 Å². The fraction of sp³-hybridized carbons (Fsp3) is 0.408. The maximum atomic E-state index is 14.8. The van der Waals surface area contributed by atoms with Gasteiger partial charge in [-0.15, -0.1) is 14.2 Å². The van der Waals surface area contributed by atoms with Crippen LogP contribution in [0.25, 0.3) is 0 Å². The minimum atomic E-state index is -0.888. The van der Waals surface area contributed by atoms with Gasteiger partial charge in [0.05, 0.1) is 73.2 Å². The minimum Gasteiger partial charge on any atom is -0.459 e. The Kier molecular flexibility index (Phi) is 29.4. The zero-order valence-electron chi connectivity index (χ0n) is 54.2. The Hall–Kier alpha value is -8.16. The van der Waals surface area contributed by atoms with Gasteiger partial charge < -0.3 is 43.5 Å². The van der Waals surface area contributed by atoms with Crippen LogP contribution in [0.1, 0.15) is 73.8 Å². The fourth-order valence-corrected chi connectivity index (χ4v) is 10.9. The largest absolute Gasteiger partial charge is 0.459 e. The van der Waals surface area contributed by atoms with Crippen molar-refractivity contribution in [3.8, 4) is 5.75 Å². The van der Waals surface area contributed by atoms with E-state index in [1.165, 1.54) is 32.4 Å². The zero-order valence-corrected chi connectivity index (χ0v) is 55.8. The summed E-state index contributed by atoms with van der Waals surface area (Å²) in [6, 6.07) is 47.9. The van der Waals surface area contributed by atoms with Crippen LogP contribution in [0, 0.1) is 0 Å². The Balaban J connectivity index is 0.986. The predicted octanol–water partition coefficient (Wildman–Crippen LogP) is 7.14. The van der Waals surface area contributed by atoms with Crippen LogP contribution in [0.15, 0.2) is 178 Å². The van der Waals surface area contributed by atoms with E-state index in [-0.39, 0.29) is 137 Å². The van der Waals surface area contributed by atoms with Crippen molar-refractivity contribution in [2.75, 3.05) is 98.5 Å². The molecule has 22 nitrogen and oxygen atoms in total. The van der Waals surface area contributed by atoms with E-state index < -0.39 is 23.6 Å². The number of amides is 1. The summed E-state index contributed by atoms with van der Waals surface area (Å²) in [5.74, 6) is -1.20. The highest BCUT2D eigenvalue weighted by Gasteiger charge is 2.33. The number of nitrogens with zero attached hydrogens (tertiary/aromatic N) is 7. The normalized spacial score (nSPS) is 14.2. The fourth-order valence-electron chi connectivity index (χ4n) is 10.4. The number of esters is 2. The lowest BCUT2D eigenvalue weighted by Crippen LogP contribution is -2.52. The smallest absolute Gasteiger partial charge is 0.323 e. The van der Waals surface area contributed by atoms with Gasteiger partial charge in [-0.3, -0.25) is 48.4 Å². The third-order valence-corrected chi connectivity index (χ3v) is 15.9. The molecule has 0 bridgehead atoms. The molecule has 1 unspecified atom stereocenters. The highest BCUT2D eigenvalue weighted by molar-refractivity contribution is 6.37. The van der Waals surface area contributed by atoms with Crippen molar-refractivity contribution in [2.45, 2.75) is 91.1 Å². The first-order valence-corrected chi connectivity index (χ1v) is 32.7. The lowest BCUT2D eigenvalue weighted by atomic mass is 10.1. The summed E-state index contributed by atoms with van der Waals surface area (Å²) in [6.07, 6.45) is 0.0953. The molecule has 0 aliphatic carbocycles. The lowest BCUT2D eigenvalue weighted by molar-refractivity contribution is -0.162. The molecule has 508 valence electrons. The number of benzene rings is 4. The van der Waals surface area contributed by atoms with Gasteiger partial charge in [0.2, 0.25) is 5.91 Å². The number of hydrogen-bond donors (Lipinski definition) is 1. The average molecular weight is 1350 g/mol. The highest BCUT2D eigenvalue weighted by Crippen LogP contribution is 2.32. The van der Waals surface area contributed by atoms with Crippen LogP contribution in [0.4, 0.5) is 0 Å². The van der Waals surface area contributed by atoms with Crippen molar-refractivity contribution in [3.05, 3.63) is 239 Å². The van der Waals surface area contributed by atoms with E-state index >= 15 is 0 Å². The van der Waals surface area contributed by atoms with Gasteiger partial charge in [-0.2, -0.15) is 0 Å². The molecule has 1 fully saturated rings. The van der Waals surface area contributed by atoms with Crippen molar-refractivity contribution in [2.24, 2.45) is 0 Å². The minimum absolute atomic E-state index is 0.00736. The zero-order chi connectivity index (χ0) is 67.2. The Labute approximate surface area is 564 Å². The summed E-state index contributed by atoms with van der Waals surface area (Å²) < 4.78 is 32.3. The molecule has 0 spiro atoms. The summed E-state index contributed by atoms with van der Waals surface area (Å²) in [5.41, 5.74) is 2.69. The van der Waals surface area contributed by atoms with Gasteiger partial charge >= 0.3 is 11.9 Å². The summed E-state index contributed by atoms with van der Waals surface area (Å²) in [7, 11) is 0. The molecule has 8 rings (SSSR count). The summed E-state index contributed by atoms with van der Waals surface area (Å²) >= 11 is 12.2. The van der Waals surface area contributed by atoms with Gasteiger partial charge in [-0.1, -0.05) is 138 Å². The number of carbonyl (C=O) groups is 3. The Morgan fingerprint density at radius 2 is 0.842 bits per heavy atom. The van der Waals surface area contributed by atoms with E-state index in [9.17, 15) is 28.8 Å². The summed E-state index contributed by atoms with van der Waals surface area (Å²) in [5, 5.41) is 3.40. The molecule has 7 aromatic rings. The van der Waals surface area contributed by atoms with Gasteiger partial charge in [0.15, 0.2) is 5.75 Å². The quantitative estimate of drug-likeness (QED) is 0.0246.